The molecule has 2 aromatic heterocycles. The Kier molecular flexibility index (Phi) is 2.92. The SMILES string of the molecule is Oc1ccc(O)c(-c2csc3nc(C45CC6CC(CC(C6)C4)C5)cn23)c1. The van der Waals surface area contributed by atoms with E-state index in [1.165, 1.54) is 50.3 Å². The molecule has 0 atom stereocenters. The molecule has 2 N–H and O–H groups in total. The average Bonchev–Trinajstić information content (AvgIpc) is 3.17. The Bertz CT molecular complexity index is 983. The van der Waals surface area contributed by atoms with Gasteiger partial charge in [-0.3, -0.25) is 4.40 Å². The number of aromatic nitrogens is 2. The Labute approximate surface area is 156 Å². The fourth-order valence-corrected chi connectivity index (χ4v) is 7.26. The van der Waals surface area contributed by atoms with Crippen molar-refractivity contribution in [3.05, 3.63) is 35.5 Å². The topological polar surface area (TPSA) is 57.8 Å². The molecule has 0 saturated heterocycles. The predicted molar refractivity (Wildman–Crippen MR) is 102 cm³/mol. The Morgan fingerprint density at radius 2 is 1.73 bits per heavy atom. The molecule has 3 aromatic rings. The van der Waals surface area contributed by atoms with E-state index in [-0.39, 0.29) is 16.9 Å². The molecule has 4 fully saturated rings. The molecule has 5 heteroatoms. The molecular formula is C21H22N2O2S. The van der Waals surface area contributed by atoms with Crippen LogP contribution in [0.3, 0.4) is 0 Å². The summed E-state index contributed by atoms with van der Waals surface area (Å²) in [6, 6.07) is 4.68. The lowest BCUT2D eigenvalue weighted by atomic mass is 9.49. The van der Waals surface area contributed by atoms with Crippen LogP contribution >= 0.6 is 11.3 Å². The van der Waals surface area contributed by atoms with Gasteiger partial charge in [0.05, 0.1) is 11.4 Å². The number of benzene rings is 1. The zero-order valence-electron chi connectivity index (χ0n) is 14.6. The van der Waals surface area contributed by atoms with Crippen molar-refractivity contribution < 1.29 is 10.2 Å². The number of rotatable bonds is 2. The van der Waals surface area contributed by atoms with E-state index in [9.17, 15) is 10.2 Å². The third kappa shape index (κ3) is 2.04. The zero-order valence-corrected chi connectivity index (χ0v) is 15.4. The molecule has 134 valence electrons. The largest absolute Gasteiger partial charge is 0.508 e. The lowest BCUT2D eigenvalue weighted by Gasteiger charge is -2.56. The molecule has 1 aromatic carbocycles. The zero-order chi connectivity index (χ0) is 17.5. The summed E-state index contributed by atoms with van der Waals surface area (Å²) in [7, 11) is 0. The first-order valence-corrected chi connectivity index (χ1v) is 10.5. The molecule has 0 unspecified atom stereocenters. The van der Waals surface area contributed by atoms with Gasteiger partial charge in [-0.15, -0.1) is 11.3 Å². The lowest BCUT2D eigenvalue weighted by molar-refractivity contribution is -0.00696. The number of aromatic hydroxyl groups is 2. The summed E-state index contributed by atoms with van der Waals surface area (Å²) in [6.07, 6.45) is 10.4. The summed E-state index contributed by atoms with van der Waals surface area (Å²) >= 11 is 1.61. The molecule has 4 aliphatic carbocycles. The van der Waals surface area contributed by atoms with Crippen molar-refractivity contribution in [1.82, 2.24) is 9.38 Å². The van der Waals surface area contributed by atoms with Crippen molar-refractivity contribution in [1.29, 1.82) is 0 Å². The van der Waals surface area contributed by atoms with E-state index in [0.29, 0.717) is 5.56 Å². The minimum absolute atomic E-state index is 0.165. The standard InChI is InChI=1S/C21H22N2O2S/c24-15-1-2-18(25)16(6-15)17-11-26-20-22-19(10-23(17)20)21-7-12-3-13(8-21)5-14(4-12)9-21/h1-2,6,10-14,24-25H,3-5,7-9H2. The van der Waals surface area contributed by atoms with Crippen LogP contribution in [-0.4, -0.2) is 19.6 Å². The van der Waals surface area contributed by atoms with Crippen molar-refractivity contribution >= 4 is 16.3 Å². The fraction of sp³-hybridized carbons (Fsp3) is 0.476. The van der Waals surface area contributed by atoms with Crippen molar-refractivity contribution in [3.63, 3.8) is 0 Å². The van der Waals surface area contributed by atoms with Gasteiger partial charge in [-0.2, -0.15) is 0 Å². The Morgan fingerprint density at radius 1 is 1.04 bits per heavy atom. The number of hydrogen-bond donors (Lipinski definition) is 2. The third-order valence-corrected chi connectivity index (χ3v) is 7.89. The summed E-state index contributed by atoms with van der Waals surface area (Å²) in [6.45, 7) is 0. The molecule has 4 nitrogen and oxygen atoms in total. The number of hydrogen-bond acceptors (Lipinski definition) is 4. The van der Waals surface area contributed by atoms with Crippen LogP contribution < -0.4 is 0 Å². The first-order chi connectivity index (χ1) is 12.6. The van der Waals surface area contributed by atoms with Crippen LogP contribution in [-0.2, 0) is 5.41 Å². The van der Waals surface area contributed by atoms with Crippen LogP contribution in [0.25, 0.3) is 16.2 Å². The maximum atomic E-state index is 10.3. The highest BCUT2D eigenvalue weighted by Gasteiger charge is 2.52. The van der Waals surface area contributed by atoms with Gasteiger partial charge < -0.3 is 10.2 Å². The van der Waals surface area contributed by atoms with E-state index in [4.69, 9.17) is 4.98 Å². The molecule has 4 bridgehead atoms. The van der Waals surface area contributed by atoms with Crippen LogP contribution in [0.5, 0.6) is 11.5 Å². The Balaban J connectivity index is 1.47. The number of imidazole rings is 1. The molecule has 2 heterocycles. The maximum Gasteiger partial charge on any atom is 0.194 e. The van der Waals surface area contributed by atoms with Gasteiger partial charge in [0.25, 0.3) is 0 Å². The Hall–Kier alpha value is -2.01. The van der Waals surface area contributed by atoms with Crippen molar-refractivity contribution in [2.45, 2.75) is 43.9 Å². The molecule has 7 rings (SSSR count). The van der Waals surface area contributed by atoms with E-state index < -0.39 is 0 Å². The first-order valence-electron chi connectivity index (χ1n) is 9.59. The van der Waals surface area contributed by atoms with Gasteiger partial charge in [-0.1, -0.05) is 0 Å². The van der Waals surface area contributed by atoms with Crippen LogP contribution in [0.4, 0.5) is 0 Å². The normalized spacial score (nSPS) is 32.5. The molecule has 4 aliphatic rings. The second kappa shape index (κ2) is 5.03. The molecular weight excluding hydrogens is 344 g/mol. The van der Waals surface area contributed by atoms with Crippen LogP contribution in [0.15, 0.2) is 29.8 Å². The number of fused-ring (bicyclic) bond motifs is 1. The second-order valence-corrected chi connectivity index (χ2v) is 9.64. The summed E-state index contributed by atoms with van der Waals surface area (Å²) in [5.74, 6) is 3.05. The van der Waals surface area contributed by atoms with Crippen molar-refractivity contribution in [3.8, 4) is 22.8 Å². The number of thiazole rings is 1. The number of nitrogens with zero attached hydrogens (tertiary/aromatic N) is 2. The minimum Gasteiger partial charge on any atom is -0.508 e. The van der Waals surface area contributed by atoms with Gasteiger partial charge in [-0.25, -0.2) is 4.98 Å². The van der Waals surface area contributed by atoms with Crippen LogP contribution in [0.2, 0.25) is 0 Å². The Morgan fingerprint density at radius 3 is 2.42 bits per heavy atom. The lowest BCUT2D eigenvalue weighted by Crippen LogP contribution is -2.48. The van der Waals surface area contributed by atoms with Gasteiger partial charge in [0.2, 0.25) is 0 Å². The van der Waals surface area contributed by atoms with Crippen LogP contribution in [0.1, 0.15) is 44.2 Å². The second-order valence-electron chi connectivity index (χ2n) is 8.80. The number of phenols is 2. The highest BCUT2D eigenvalue weighted by molar-refractivity contribution is 7.15. The fourth-order valence-electron chi connectivity index (χ4n) is 6.39. The highest BCUT2D eigenvalue weighted by Crippen LogP contribution is 2.60. The van der Waals surface area contributed by atoms with Gasteiger partial charge in [0, 0.05) is 22.6 Å². The predicted octanol–water partition coefficient (Wildman–Crippen LogP) is 4.94. The maximum absolute atomic E-state index is 10.3. The van der Waals surface area contributed by atoms with E-state index in [2.05, 4.69) is 10.6 Å². The van der Waals surface area contributed by atoms with E-state index >= 15 is 0 Å². The monoisotopic (exact) mass is 366 g/mol. The highest BCUT2D eigenvalue weighted by atomic mass is 32.1. The first kappa shape index (κ1) is 15.1. The molecule has 0 aliphatic heterocycles. The molecule has 0 amide bonds. The summed E-state index contributed by atoms with van der Waals surface area (Å²) in [5, 5.41) is 22.1. The molecule has 4 saturated carbocycles. The van der Waals surface area contributed by atoms with E-state index in [1.54, 1.807) is 23.5 Å². The van der Waals surface area contributed by atoms with Gasteiger partial charge in [0.15, 0.2) is 4.96 Å². The van der Waals surface area contributed by atoms with Gasteiger partial charge >= 0.3 is 0 Å². The third-order valence-electron chi connectivity index (χ3n) is 7.05. The average molecular weight is 366 g/mol. The van der Waals surface area contributed by atoms with Crippen LogP contribution in [0, 0.1) is 17.8 Å². The van der Waals surface area contributed by atoms with E-state index in [1.807, 2.05) is 5.38 Å². The van der Waals surface area contributed by atoms with Gasteiger partial charge in [-0.05, 0) is 74.5 Å². The minimum atomic E-state index is 0.165. The molecule has 0 radical (unpaired) electrons. The summed E-state index contributed by atoms with van der Waals surface area (Å²) < 4.78 is 2.10. The molecule has 26 heavy (non-hydrogen) atoms. The van der Waals surface area contributed by atoms with E-state index in [0.717, 1.165) is 28.4 Å². The molecule has 0 spiro atoms. The number of phenolic OH excluding ortho intramolecular Hbond substituents is 2. The van der Waals surface area contributed by atoms with Crippen molar-refractivity contribution in [2.24, 2.45) is 17.8 Å². The smallest absolute Gasteiger partial charge is 0.194 e. The quantitative estimate of drug-likeness (QED) is 0.632. The summed E-state index contributed by atoms with van der Waals surface area (Å²) in [5.41, 5.74) is 3.09. The van der Waals surface area contributed by atoms with Crippen molar-refractivity contribution in [2.75, 3.05) is 0 Å². The summed E-state index contributed by atoms with van der Waals surface area (Å²) in [4.78, 5) is 6.02. The van der Waals surface area contributed by atoms with Gasteiger partial charge in [0.1, 0.15) is 11.5 Å².